The van der Waals surface area contributed by atoms with E-state index in [1.54, 1.807) is 24.3 Å². The molecule has 0 saturated carbocycles. The van der Waals surface area contributed by atoms with Crippen LogP contribution in [0.3, 0.4) is 0 Å². The summed E-state index contributed by atoms with van der Waals surface area (Å²) in [5.41, 5.74) is 2.82. The molecule has 0 unspecified atom stereocenters. The summed E-state index contributed by atoms with van der Waals surface area (Å²) in [6.45, 7) is 11.1. The number of carbonyl (C=O) groups excluding carboxylic acids is 2. The highest BCUT2D eigenvalue weighted by molar-refractivity contribution is 7.99. The van der Waals surface area contributed by atoms with Crippen LogP contribution < -0.4 is 5.32 Å². The Labute approximate surface area is 200 Å². The number of ether oxygens (including phenoxy) is 1. The fourth-order valence-electron chi connectivity index (χ4n) is 3.35. The Kier molecular flexibility index (Phi) is 8.50. The lowest BCUT2D eigenvalue weighted by Crippen LogP contribution is -2.16. The van der Waals surface area contributed by atoms with Crippen molar-refractivity contribution in [2.24, 2.45) is 0 Å². The van der Waals surface area contributed by atoms with Gasteiger partial charge in [0, 0.05) is 27.2 Å². The molecule has 7 nitrogen and oxygen atoms in total. The van der Waals surface area contributed by atoms with Gasteiger partial charge in [-0.05, 0) is 45.2 Å². The van der Waals surface area contributed by atoms with Gasteiger partial charge in [0.05, 0.1) is 17.9 Å². The average Bonchev–Trinajstić information content (AvgIpc) is 3.48. The fraction of sp³-hybridized carbons (Fsp3) is 0.455. The van der Waals surface area contributed by atoms with E-state index in [0.717, 1.165) is 29.1 Å². The smallest absolute Gasteiger partial charge is 0.341 e. The molecule has 3 aromatic rings. The largest absolute Gasteiger partial charge is 0.462 e. The van der Waals surface area contributed by atoms with E-state index in [0.29, 0.717) is 22.3 Å². The molecule has 1 N–H and O–H groups in total. The molecule has 172 valence electrons. The zero-order chi connectivity index (χ0) is 23.3. The number of rotatable bonds is 10. The topological polar surface area (TPSA) is 86.1 Å². The van der Waals surface area contributed by atoms with Crippen LogP contribution >= 0.6 is 34.4 Å². The van der Waals surface area contributed by atoms with Crippen molar-refractivity contribution in [2.45, 2.75) is 59.2 Å². The predicted octanol–water partition coefficient (Wildman–Crippen LogP) is 5.43. The van der Waals surface area contributed by atoms with Gasteiger partial charge >= 0.3 is 5.97 Å². The van der Waals surface area contributed by atoms with Crippen LogP contribution in [-0.4, -0.2) is 39.0 Å². The van der Waals surface area contributed by atoms with Crippen molar-refractivity contribution < 1.29 is 14.3 Å². The molecule has 32 heavy (non-hydrogen) atoms. The Morgan fingerprint density at radius 1 is 1.19 bits per heavy atom. The van der Waals surface area contributed by atoms with Gasteiger partial charge in [-0.25, -0.2) is 4.79 Å². The van der Waals surface area contributed by atoms with Crippen molar-refractivity contribution in [2.75, 3.05) is 17.7 Å². The van der Waals surface area contributed by atoms with Crippen LogP contribution in [0.1, 0.15) is 53.4 Å². The van der Waals surface area contributed by atoms with Gasteiger partial charge in [0.25, 0.3) is 0 Å². The van der Waals surface area contributed by atoms with E-state index >= 15 is 0 Å². The normalized spacial score (nSPS) is 11.0. The van der Waals surface area contributed by atoms with Crippen molar-refractivity contribution >= 4 is 51.3 Å². The highest BCUT2D eigenvalue weighted by Crippen LogP contribution is 2.33. The average molecular weight is 493 g/mol. The zero-order valence-electron chi connectivity index (χ0n) is 19.0. The van der Waals surface area contributed by atoms with E-state index in [4.69, 9.17) is 4.74 Å². The van der Waals surface area contributed by atoms with Gasteiger partial charge in [-0.3, -0.25) is 4.79 Å². The minimum absolute atomic E-state index is 0.170. The third-order valence-electron chi connectivity index (χ3n) is 4.94. The number of thiophene rings is 2. The lowest BCUT2D eigenvalue weighted by molar-refractivity contribution is -0.113. The molecule has 0 aliphatic carbocycles. The molecule has 0 aliphatic heterocycles. The number of carbonyl (C=O) groups is 2. The number of hydrogen-bond donors (Lipinski definition) is 1. The molecule has 3 rings (SSSR count). The van der Waals surface area contributed by atoms with E-state index in [1.807, 2.05) is 18.4 Å². The van der Waals surface area contributed by atoms with Gasteiger partial charge in [0.15, 0.2) is 11.0 Å². The van der Waals surface area contributed by atoms with Gasteiger partial charge in [0.2, 0.25) is 5.91 Å². The minimum atomic E-state index is -0.417. The summed E-state index contributed by atoms with van der Waals surface area (Å²) < 4.78 is 7.17. The van der Waals surface area contributed by atoms with E-state index in [9.17, 15) is 9.59 Å². The van der Waals surface area contributed by atoms with Crippen LogP contribution in [0.5, 0.6) is 0 Å². The van der Waals surface area contributed by atoms with Crippen LogP contribution in [0.15, 0.2) is 16.6 Å². The lowest BCUT2D eigenvalue weighted by Gasteiger charge is -2.09. The molecular weight excluding hydrogens is 464 g/mol. The van der Waals surface area contributed by atoms with Gasteiger partial charge in [-0.15, -0.1) is 32.9 Å². The molecule has 1 amide bonds. The molecule has 0 saturated heterocycles. The second-order valence-electron chi connectivity index (χ2n) is 6.95. The molecule has 0 fully saturated rings. The van der Waals surface area contributed by atoms with Gasteiger partial charge in [-0.1, -0.05) is 25.6 Å². The number of amides is 1. The number of aryl methyl sites for hydroxylation is 2. The third-order valence-corrected chi connectivity index (χ3v) is 8.06. The first kappa shape index (κ1) is 24.5. The SMILES string of the molecule is CCOC(=O)c1cc(CC)sc1NC(=O)CSc1nnc(-c2csc(C)c2CC)n1CC. The quantitative estimate of drug-likeness (QED) is 0.300. The Bertz CT molecular complexity index is 1100. The molecule has 0 spiro atoms. The Morgan fingerprint density at radius 2 is 1.97 bits per heavy atom. The monoisotopic (exact) mass is 492 g/mol. The first-order valence-electron chi connectivity index (χ1n) is 10.7. The summed E-state index contributed by atoms with van der Waals surface area (Å²) in [5, 5.41) is 15.0. The van der Waals surface area contributed by atoms with Gasteiger partial charge in [0.1, 0.15) is 5.00 Å². The summed E-state index contributed by atoms with van der Waals surface area (Å²) in [5.74, 6) is 0.396. The molecule has 3 aromatic heterocycles. The summed E-state index contributed by atoms with van der Waals surface area (Å²) in [6.07, 6.45) is 1.72. The number of hydrogen-bond acceptors (Lipinski definition) is 8. The zero-order valence-corrected chi connectivity index (χ0v) is 21.4. The van der Waals surface area contributed by atoms with Crippen LogP contribution in [0.2, 0.25) is 0 Å². The number of esters is 1. The molecule has 10 heteroatoms. The number of thioether (sulfide) groups is 1. The maximum Gasteiger partial charge on any atom is 0.341 e. The number of nitrogens with one attached hydrogen (secondary N) is 1. The van der Waals surface area contributed by atoms with Crippen molar-refractivity contribution in [3.8, 4) is 11.4 Å². The third kappa shape index (κ3) is 5.24. The van der Waals surface area contributed by atoms with Crippen LogP contribution in [0.25, 0.3) is 11.4 Å². The van der Waals surface area contributed by atoms with Crippen molar-refractivity contribution in [1.82, 2.24) is 14.8 Å². The van der Waals surface area contributed by atoms with E-state index in [2.05, 4.69) is 34.7 Å². The second-order valence-corrected chi connectivity index (χ2v) is 10.1. The maximum absolute atomic E-state index is 12.7. The maximum atomic E-state index is 12.7. The number of aromatic nitrogens is 3. The Balaban J connectivity index is 1.73. The van der Waals surface area contributed by atoms with Crippen LogP contribution in [0.4, 0.5) is 5.00 Å². The first-order valence-corrected chi connectivity index (χ1v) is 13.3. The molecule has 3 heterocycles. The predicted molar refractivity (Wildman–Crippen MR) is 132 cm³/mol. The van der Waals surface area contributed by atoms with Crippen LogP contribution in [-0.2, 0) is 28.9 Å². The van der Waals surface area contributed by atoms with E-state index < -0.39 is 5.97 Å². The molecule has 0 radical (unpaired) electrons. The summed E-state index contributed by atoms with van der Waals surface area (Å²) in [6, 6.07) is 1.79. The second kappa shape index (κ2) is 11.1. The lowest BCUT2D eigenvalue weighted by atomic mass is 10.1. The highest BCUT2D eigenvalue weighted by Gasteiger charge is 2.21. The number of nitrogens with zero attached hydrogens (tertiary/aromatic N) is 3. The highest BCUT2D eigenvalue weighted by atomic mass is 32.2. The summed E-state index contributed by atoms with van der Waals surface area (Å²) in [4.78, 5) is 27.2. The van der Waals surface area contributed by atoms with Crippen molar-refractivity contribution in [1.29, 1.82) is 0 Å². The number of anilines is 1. The molecule has 0 atom stereocenters. The minimum Gasteiger partial charge on any atom is -0.462 e. The van der Waals surface area contributed by atoms with E-state index in [-0.39, 0.29) is 18.3 Å². The molecule has 0 bridgehead atoms. The molecule has 0 aromatic carbocycles. The van der Waals surface area contributed by atoms with Crippen molar-refractivity contribution in [3.63, 3.8) is 0 Å². The molecule has 0 aliphatic rings. The standard InChI is InChI=1S/C22H28N4O3S3/c1-6-14-10-16(21(28)29-9-4)20(32-14)23-18(27)12-31-22-25-24-19(26(22)8-3)17-11-30-13(5)15(17)7-2/h10-11H,6-9,12H2,1-5H3,(H,23,27). The van der Waals surface area contributed by atoms with Gasteiger partial charge < -0.3 is 14.6 Å². The van der Waals surface area contributed by atoms with Crippen LogP contribution in [0, 0.1) is 6.92 Å². The Hall–Kier alpha value is -2.17. The summed E-state index contributed by atoms with van der Waals surface area (Å²) >= 11 is 4.47. The van der Waals surface area contributed by atoms with Crippen molar-refractivity contribution in [3.05, 3.63) is 32.3 Å². The Morgan fingerprint density at radius 3 is 2.62 bits per heavy atom. The fourth-order valence-corrected chi connectivity index (χ4v) is 6.09. The molecular formula is C22H28N4O3S3. The summed E-state index contributed by atoms with van der Waals surface area (Å²) in [7, 11) is 0. The first-order chi connectivity index (χ1) is 15.4. The van der Waals surface area contributed by atoms with Gasteiger partial charge in [-0.2, -0.15) is 0 Å². The van der Waals surface area contributed by atoms with E-state index in [1.165, 1.54) is 33.5 Å².